The van der Waals surface area contributed by atoms with Gasteiger partial charge >= 0.3 is 0 Å². The summed E-state index contributed by atoms with van der Waals surface area (Å²) in [4.78, 5) is 0.225. The van der Waals surface area contributed by atoms with Crippen molar-refractivity contribution in [3.8, 4) is 0 Å². The Morgan fingerprint density at radius 2 is 2.10 bits per heavy atom. The molecule has 0 aliphatic rings. The van der Waals surface area contributed by atoms with Crippen LogP contribution in [-0.4, -0.2) is 47.7 Å². The minimum absolute atomic E-state index is 0.126. The average molecular weight is 314 g/mol. The number of sulfonamides is 1. The van der Waals surface area contributed by atoms with Gasteiger partial charge in [-0.3, -0.25) is 4.68 Å². The van der Waals surface area contributed by atoms with Gasteiger partial charge in [-0.2, -0.15) is 9.40 Å². The van der Waals surface area contributed by atoms with Crippen molar-refractivity contribution >= 4 is 10.0 Å². The highest BCUT2D eigenvalue weighted by Gasteiger charge is 2.27. The van der Waals surface area contributed by atoms with Crippen LogP contribution in [0.2, 0.25) is 0 Å². The molecule has 7 heteroatoms. The number of hydrogen-bond donors (Lipinski definition) is 1. The molecule has 0 fully saturated rings. The largest absolute Gasteiger partial charge is 0.313 e. The Morgan fingerprint density at radius 3 is 2.62 bits per heavy atom. The summed E-state index contributed by atoms with van der Waals surface area (Å²) in [5, 5.41) is 7.40. The van der Waals surface area contributed by atoms with Crippen molar-refractivity contribution in [2.75, 3.05) is 13.1 Å². The smallest absolute Gasteiger partial charge is 0.246 e. The molecule has 0 radical (unpaired) electrons. The maximum absolute atomic E-state index is 12.6. The van der Waals surface area contributed by atoms with Gasteiger partial charge in [-0.1, -0.05) is 19.9 Å². The van der Waals surface area contributed by atoms with Gasteiger partial charge in [0.25, 0.3) is 0 Å². The first-order valence-electron chi connectivity index (χ1n) is 7.17. The van der Waals surface area contributed by atoms with Crippen LogP contribution >= 0.6 is 0 Å². The summed E-state index contributed by atoms with van der Waals surface area (Å²) >= 11 is 0. The van der Waals surface area contributed by atoms with Crippen LogP contribution in [0.4, 0.5) is 0 Å². The summed E-state index contributed by atoms with van der Waals surface area (Å²) in [5.41, 5.74) is 0. The Kier molecular flexibility index (Phi) is 6.57. The van der Waals surface area contributed by atoms with Crippen molar-refractivity contribution in [2.45, 2.75) is 51.2 Å². The SMILES string of the molecule is C=CCN(C(C)C)S(=O)(=O)c1cnn(CCNC(C)C)c1. The normalized spacial score (nSPS) is 12.5. The Bertz CT molecular complexity index is 549. The Hall–Kier alpha value is -1.18. The lowest BCUT2D eigenvalue weighted by Gasteiger charge is -2.23. The quantitative estimate of drug-likeness (QED) is 0.701. The van der Waals surface area contributed by atoms with Gasteiger partial charge < -0.3 is 5.32 Å². The third kappa shape index (κ3) is 4.94. The van der Waals surface area contributed by atoms with E-state index in [-0.39, 0.29) is 10.9 Å². The van der Waals surface area contributed by atoms with Crippen LogP contribution in [0.3, 0.4) is 0 Å². The molecule has 1 heterocycles. The third-order valence-electron chi connectivity index (χ3n) is 2.99. The molecule has 1 N–H and O–H groups in total. The molecule has 0 amide bonds. The number of nitrogens with one attached hydrogen (secondary N) is 1. The predicted octanol–water partition coefficient (Wildman–Crippen LogP) is 1.47. The summed E-state index contributed by atoms with van der Waals surface area (Å²) in [7, 11) is -3.52. The van der Waals surface area contributed by atoms with Gasteiger partial charge in [-0.05, 0) is 13.8 Å². The topological polar surface area (TPSA) is 67.2 Å². The Labute approximate surface area is 127 Å². The molecule has 0 aliphatic heterocycles. The number of nitrogens with zero attached hydrogens (tertiary/aromatic N) is 3. The van der Waals surface area contributed by atoms with E-state index >= 15 is 0 Å². The highest BCUT2D eigenvalue weighted by atomic mass is 32.2. The van der Waals surface area contributed by atoms with Crippen LogP contribution in [0.15, 0.2) is 29.9 Å². The fraction of sp³-hybridized carbons (Fsp3) is 0.643. The van der Waals surface area contributed by atoms with E-state index in [1.54, 1.807) is 17.0 Å². The van der Waals surface area contributed by atoms with Crippen LogP contribution in [0.5, 0.6) is 0 Å². The molecule has 0 unspecified atom stereocenters. The molecular weight excluding hydrogens is 288 g/mol. The van der Waals surface area contributed by atoms with E-state index in [9.17, 15) is 8.42 Å². The van der Waals surface area contributed by atoms with E-state index in [4.69, 9.17) is 0 Å². The van der Waals surface area contributed by atoms with Crippen molar-refractivity contribution in [3.63, 3.8) is 0 Å². The van der Waals surface area contributed by atoms with E-state index in [0.717, 1.165) is 6.54 Å². The fourth-order valence-electron chi connectivity index (χ4n) is 1.92. The molecule has 0 bridgehead atoms. The van der Waals surface area contributed by atoms with E-state index < -0.39 is 10.0 Å². The maximum atomic E-state index is 12.6. The lowest BCUT2D eigenvalue weighted by atomic mass is 10.4. The fourth-order valence-corrected chi connectivity index (χ4v) is 3.48. The third-order valence-corrected chi connectivity index (χ3v) is 4.99. The highest BCUT2D eigenvalue weighted by molar-refractivity contribution is 7.89. The summed E-state index contributed by atoms with van der Waals surface area (Å²) in [5.74, 6) is 0. The van der Waals surface area contributed by atoms with Crippen molar-refractivity contribution in [2.24, 2.45) is 0 Å². The first-order chi connectivity index (χ1) is 9.78. The molecule has 0 saturated heterocycles. The molecule has 1 aromatic heterocycles. The Morgan fingerprint density at radius 1 is 1.43 bits per heavy atom. The molecule has 0 spiro atoms. The van der Waals surface area contributed by atoms with E-state index in [0.29, 0.717) is 19.1 Å². The van der Waals surface area contributed by atoms with Crippen molar-refractivity contribution in [3.05, 3.63) is 25.0 Å². The van der Waals surface area contributed by atoms with Gasteiger partial charge in [0.2, 0.25) is 10.0 Å². The minimum atomic E-state index is -3.52. The first kappa shape index (κ1) is 17.9. The lowest BCUT2D eigenvalue weighted by Crippen LogP contribution is -2.36. The zero-order valence-corrected chi connectivity index (χ0v) is 14.1. The summed E-state index contributed by atoms with van der Waals surface area (Å²) < 4.78 is 28.2. The Balaban J connectivity index is 2.84. The second kappa shape index (κ2) is 7.72. The van der Waals surface area contributed by atoms with Crippen molar-refractivity contribution in [1.29, 1.82) is 0 Å². The number of rotatable bonds is 9. The van der Waals surface area contributed by atoms with Gasteiger partial charge in [-0.25, -0.2) is 8.42 Å². The van der Waals surface area contributed by atoms with Crippen LogP contribution in [0.1, 0.15) is 27.7 Å². The van der Waals surface area contributed by atoms with Gasteiger partial charge in [0, 0.05) is 31.4 Å². The average Bonchev–Trinajstić information content (AvgIpc) is 2.84. The first-order valence-corrected chi connectivity index (χ1v) is 8.61. The van der Waals surface area contributed by atoms with Gasteiger partial charge in [0.05, 0.1) is 12.7 Å². The van der Waals surface area contributed by atoms with Crippen molar-refractivity contribution in [1.82, 2.24) is 19.4 Å². The zero-order chi connectivity index (χ0) is 16.0. The zero-order valence-electron chi connectivity index (χ0n) is 13.3. The molecule has 0 saturated carbocycles. The van der Waals surface area contributed by atoms with Gasteiger partial charge in [0.1, 0.15) is 4.90 Å². The van der Waals surface area contributed by atoms with Crippen LogP contribution in [0.25, 0.3) is 0 Å². The molecule has 1 rings (SSSR count). The highest BCUT2D eigenvalue weighted by Crippen LogP contribution is 2.17. The molecule has 0 atom stereocenters. The van der Waals surface area contributed by atoms with Crippen LogP contribution < -0.4 is 5.32 Å². The van der Waals surface area contributed by atoms with Crippen LogP contribution in [-0.2, 0) is 16.6 Å². The lowest BCUT2D eigenvalue weighted by molar-refractivity contribution is 0.383. The van der Waals surface area contributed by atoms with E-state index in [1.165, 1.54) is 10.5 Å². The molecule has 120 valence electrons. The summed E-state index contributed by atoms with van der Waals surface area (Å²) in [6.45, 7) is 13.1. The second-order valence-corrected chi connectivity index (χ2v) is 7.40. The molecule has 0 aliphatic carbocycles. The van der Waals surface area contributed by atoms with E-state index in [2.05, 4.69) is 30.8 Å². The maximum Gasteiger partial charge on any atom is 0.246 e. The molecule has 21 heavy (non-hydrogen) atoms. The molecular formula is C14H26N4O2S. The predicted molar refractivity (Wildman–Crippen MR) is 84.6 cm³/mol. The van der Waals surface area contributed by atoms with Gasteiger partial charge in [-0.15, -0.1) is 6.58 Å². The summed E-state index contributed by atoms with van der Waals surface area (Å²) in [6.07, 6.45) is 4.58. The second-order valence-electron chi connectivity index (χ2n) is 5.51. The van der Waals surface area contributed by atoms with Gasteiger partial charge in [0.15, 0.2) is 0 Å². The molecule has 1 aromatic rings. The standard InChI is InChI=1S/C14H26N4O2S/c1-6-8-18(13(4)5)21(19,20)14-10-16-17(11-14)9-7-15-12(2)3/h6,10-13,15H,1,7-9H2,2-5H3. The summed E-state index contributed by atoms with van der Waals surface area (Å²) in [6, 6.07) is 0.270. The molecule has 0 aromatic carbocycles. The monoisotopic (exact) mass is 314 g/mol. The number of hydrogen-bond acceptors (Lipinski definition) is 4. The van der Waals surface area contributed by atoms with Crippen molar-refractivity contribution < 1.29 is 8.42 Å². The molecule has 6 nitrogen and oxygen atoms in total. The van der Waals surface area contributed by atoms with Crippen LogP contribution in [0, 0.1) is 0 Å². The van der Waals surface area contributed by atoms with E-state index in [1.807, 2.05) is 13.8 Å². The minimum Gasteiger partial charge on any atom is -0.313 e. The number of aromatic nitrogens is 2.